The van der Waals surface area contributed by atoms with E-state index in [1.807, 2.05) is 21.0 Å². The van der Waals surface area contributed by atoms with Crippen LogP contribution < -0.4 is 0 Å². The van der Waals surface area contributed by atoms with E-state index in [-0.39, 0.29) is 6.61 Å². The molecule has 1 N–H and O–H groups in total. The molecular weight excluding hydrogens is 254 g/mol. The van der Waals surface area contributed by atoms with Gasteiger partial charge in [-0.25, -0.2) is 0 Å². The molecule has 1 aromatic rings. The van der Waals surface area contributed by atoms with E-state index in [9.17, 15) is 5.11 Å². The molecule has 0 bridgehead atoms. The highest BCUT2D eigenvalue weighted by molar-refractivity contribution is 6.31. The lowest BCUT2D eigenvalue weighted by Gasteiger charge is -2.27. The largest absolute Gasteiger partial charge is 0.381 e. The van der Waals surface area contributed by atoms with Crippen molar-refractivity contribution in [2.75, 3.05) is 34.4 Å². The maximum absolute atomic E-state index is 10.6. The summed E-state index contributed by atoms with van der Waals surface area (Å²) in [6, 6.07) is 0. The van der Waals surface area contributed by atoms with Crippen molar-refractivity contribution in [3.8, 4) is 0 Å². The second-order valence-electron chi connectivity index (χ2n) is 4.69. The minimum Gasteiger partial charge on any atom is -0.381 e. The van der Waals surface area contributed by atoms with E-state index in [1.54, 1.807) is 18.0 Å². The van der Waals surface area contributed by atoms with E-state index in [2.05, 4.69) is 10.00 Å². The zero-order valence-electron chi connectivity index (χ0n) is 11.5. The van der Waals surface area contributed by atoms with Gasteiger partial charge in [0.05, 0.1) is 30.1 Å². The second kappa shape index (κ2) is 6.52. The molecule has 1 unspecified atom stereocenters. The second-order valence-corrected chi connectivity index (χ2v) is 5.09. The van der Waals surface area contributed by atoms with Gasteiger partial charge in [0.1, 0.15) is 5.60 Å². The topological polar surface area (TPSA) is 50.5 Å². The summed E-state index contributed by atoms with van der Waals surface area (Å²) in [6.45, 7) is 3.62. The molecule has 18 heavy (non-hydrogen) atoms. The number of nitrogens with zero attached hydrogens (tertiary/aromatic N) is 3. The Morgan fingerprint density at radius 3 is 2.72 bits per heavy atom. The number of hydrogen-bond donors (Lipinski definition) is 1. The van der Waals surface area contributed by atoms with Gasteiger partial charge in [0, 0.05) is 13.7 Å². The molecule has 1 atom stereocenters. The van der Waals surface area contributed by atoms with Crippen molar-refractivity contribution >= 4 is 11.6 Å². The monoisotopic (exact) mass is 275 g/mol. The summed E-state index contributed by atoms with van der Waals surface area (Å²) >= 11 is 6.15. The highest BCUT2D eigenvalue weighted by Crippen LogP contribution is 2.31. The Balaban J connectivity index is 3.01. The summed E-state index contributed by atoms with van der Waals surface area (Å²) in [5.41, 5.74) is -0.454. The third-order valence-corrected chi connectivity index (χ3v) is 3.24. The molecule has 0 aromatic carbocycles. The van der Waals surface area contributed by atoms with Gasteiger partial charge in [0.2, 0.25) is 0 Å². The van der Waals surface area contributed by atoms with Crippen LogP contribution in [0.25, 0.3) is 0 Å². The quantitative estimate of drug-likeness (QED) is 0.816. The van der Waals surface area contributed by atoms with Crippen LogP contribution in [0.3, 0.4) is 0 Å². The molecule has 0 aliphatic heterocycles. The number of halogens is 1. The maximum atomic E-state index is 10.6. The van der Waals surface area contributed by atoms with Crippen LogP contribution in [-0.4, -0.2) is 54.1 Å². The first-order valence-corrected chi connectivity index (χ1v) is 6.40. The van der Waals surface area contributed by atoms with Crippen LogP contribution in [0.5, 0.6) is 0 Å². The lowest BCUT2D eigenvalue weighted by Crippen LogP contribution is -2.34. The molecule has 5 nitrogen and oxygen atoms in total. The van der Waals surface area contributed by atoms with Crippen LogP contribution >= 0.6 is 11.6 Å². The molecule has 0 amide bonds. The summed E-state index contributed by atoms with van der Waals surface area (Å²) in [5, 5.41) is 15.3. The van der Waals surface area contributed by atoms with E-state index >= 15 is 0 Å². The van der Waals surface area contributed by atoms with Gasteiger partial charge in [-0.1, -0.05) is 18.5 Å². The first kappa shape index (κ1) is 15.4. The molecule has 1 heterocycles. The van der Waals surface area contributed by atoms with Crippen molar-refractivity contribution in [3.05, 3.63) is 16.9 Å². The molecule has 104 valence electrons. The molecule has 1 rings (SSSR count). The van der Waals surface area contributed by atoms with Crippen molar-refractivity contribution in [2.24, 2.45) is 0 Å². The van der Waals surface area contributed by atoms with Gasteiger partial charge in [0.15, 0.2) is 0 Å². The van der Waals surface area contributed by atoms with E-state index in [1.165, 1.54) is 0 Å². The lowest BCUT2D eigenvalue weighted by molar-refractivity contribution is -0.0449. The summed E-state index contributed by atoms with van der Waals surface area (Å²) in [7, 11) is 5.55. The van der Waals surface area contributed by atoms with Crippen LogP contribution in [0, 0.1) is 0 Å². The predicted octanol–water partition coefficient (Wildman–Crippen LogP) is 1.34. The van der Waals surface area contributed by atoms with Gasteiger partial charge in [-0.05, 0) is 20.5 Å². The smallest absolute Gasteiger partial charge is 0.131 e. The third kappa shape index (κ3) is 3.45. The zero-order chi connectivity index (χ0) is 13.8. The fraction of sp³-hybridized carbons (Fsp3) is 0.750. The number of ether oxygens (including phenoxy) is 1. The normalized spacial score (nSPS) is 15.1. The highest BCUT2D eigenvalue weighted by atomic mass is 35.5. The first-order chi connectivity index (χ1) is 8.44. The Labute approximate surface area is 113 Å². The van der Waals surface area contributed by atoms with Crippen LogP contribution in [-0.2, 0) is 16.9 Å². The van der Waals surface area contributed by atoms with E-state index in [4.69, 9.17) is 16.3 Å². The van der Waals surface area contributed by atoms with Gasteiger partial charge < -0.3 is 14.7 Å². The number of aliphatic hydroxyl groups is 1. The molecule has 1 aromatic heterocycles. The van der Waals surface area contributed by atoms with E-state index in [0.717, 1.165) is 6.54 Å². The minimum atomic E-state index is -1.09. The van der Waals surface area contributed by atoms with E-state index in [0.29, 0.717) is 23.7 Å². The van der Waals surface area contributed by atoms with Crippen LogP contribution in [0.2, 0.25) is 5.02 Å². The summed E-state index contributed by atoms with van der Waals surface area (Å²) in [4.78, 5) is 2.06. The Bertz CT molecular complexity index is 381. The van der Waals surface area contributed by atoms with Crippen LogP contribution in [0.4, 0.5) is 0 Å². The lowest BCUT2D eigenvalue weighted by atomic mass is 9.97. The third-order valence-electron chi connectivity index (χ3n) is 2.96. The fourth-order valence-electron chi connectivity index (χ4n) is 1.87. The summed E-state index contributed by atoms with van der Waals surface area (Å²) in [6.07, 6.45) is 2.09. The molecule has 0 aliphatic carbocycles. The molecule has 6 heteroatoms. The molecule has 0 fully saturated rings. The van der Waals surface area contributed by atoms with Crippen LogP contribution in [0.15, 0.2) is 6.20 Å². The number of hydrogen-bond acceptors (Lipinski definition) is 4. The van der Waals surface area contributed by atoms with Gasteiger partial charge in [-0.2, -0.15) is 5.10 Å². The van der Waals surface area contributed by atoms with Gasteiger partial charge >= 0.3 is 0 Å². The highest BCUT2D eigenvalue weighted by Gasteiger charge is 2.33. The summed E-state index contributed by atoms with van der Waals surface area (Å²) in [5.74, 6) is 0. The SMILES string of the molecule is CCC(O)(COC)c1c(Cl)cnn1CCN(C)C. The molecule has 0 aliphatic rings. The Morgan fingerprint density at radius 2 is 2.22 bits per heavy atom. The fourth-order valence-corrected chi connectivity index (χ4v) is 2.18. The Morgan fingerprint density at radius 1 is 1.56 bits per heavy atom. The number of likely N-dealkylation sites (N-methyl/N-ethyl adjacent to an activating group) is 1. The van der Waals surface area contributed by atoms with Gasteiger partial charge in [0.25, 0.3) is 0 Å². The van der Waals surface area contributed by atoms with Gasteiger partial charge in [-0.3, -0.25) is 4.68 Å². The molecule has 0 radical (unpaired) electrons. The molecule has 0 spiro atoms. The maximum Gasteiger partial charge on any atom is 0.131 e. The average Bonchev–Trinajstić information content (AvgIpc) is 2.68. The minimum absolute atomic E-state index is 0.205. The van der Waals surface area contributed by atoms with Gasteiger partial charge in [-0.15, -0.1) is 0 Å². The van der Waals surface area contributed by atoms with Crippen LogP contribution in [0.1, 0.15) is 19.0 Å². The van der Waals surface area contributed by atoms with Crippen molar-refractivity contribution in [1.82, 2.24) is 14.7 Å². The molecular formula is C12H22ClN3O2. The molecule has 0 saturated heterocycles. The average molecular weight is 276 g/mol. The zero-order valence-corrected chi connectivity index (χ0v) is 12.2. The number of methoxy groups -OCH3 is 1. The first-order valence-electron chi connectivity index (χ1n) is 6.02. The Hall–Kier alpha value is -0.620. The Kier molecular flexibility index (Phi) is 5.59. The van der Waals surface area contributed by atoms with E-state index < -0.39 is 5.60 Å². The number of aromatic nitrogens is 2. The van der Waals surface area contributed by atoms with Crippen molar-refractivity contribution in [1.29, 1.82) is 0 Å². The van der Waals surface area contributed by atoms with Crippen molar-refractivity contribution in [2.45, 2.75) is 25.5 Å². The van der Waals surface area contributed by atoms with Crippen molar-refractivity contribution < 1.29 is 9.84 Å². The standard InChI is InChI=1S/C12H22ClN3O2/c1-5-12(17,9-18-4)11-10(13)8-14-16(11)7-6-15(2)3/h8,17H,5-7,9H2,1-4H3. The number of rotatable bonds is 7. The van der Waals surface area contributed by atoms with Crippen molar-refractivity contribution in [3.63, 3.8) is 0 Å². The summed E-state index contributed by atoms with van der Waals surface area (Å²) < 4.78 is 6.85. The predicted molar refractivity (Wildman–Crippen MR) is 71.9 cm³/mol. The molecule has 0 saturated carbocycles.